The van der Waals surface area contributed by atoms with Crippen molar-refractivity contribution in [2.45, 2.75) is 32.9 Å². The Labute approximate surface area is 127 Å². The first-order valence-electron chi connectivity index (χ1n) is 6.59. The van der Waals surface area contributed by atoms with Gasteiger partial charge in [0.1, 0.15) is 5.82 Å². The molecule has 0 aliphatic heterocycles. The molecule has 0 bridgehead atoms. The Bertz CT molecular complexity index is 609. The summed E-state index contributed by atoms with van der Waals surface area (Å²) in [7, 11) is 1.94. The lowest BCUT2D eigenvalue weighted by atomic mass is 10.0. The highest BCUT2D eigenvalue weighted by Crippen LogP contribution is 2.24. The molecule has 1 N–H and O–H groups in total. The van der Waals surface area contributed by atoms with E-state index in [1.165, 1.54) is 11.6 Å². The molecule has 2 unspecified atom stereocenters. The monoisotopic (exact) mass is 339 g/mol. The number of hydrogen-bond donors (Lipinski definition) is 1. The van der Waals surface area contributed by atoms with Gasteiger partial charge in [-0.05, 0) is 54.4 Å². The number of rotatable bonds is 4. The van der Waals surface area contributed by atoms with Crippen LogP contribution in [0.3, 0.4) is 0 Å². The standard InChI is InChI=1S/C15H19BrFN3/c1-9(12-5-6-15(17)14(16)7-12)19-10(2)13-8-18-20(4)11(13)3/h5-10,19H,1-4H3. The molecule has 2 atom stereocenters. The second kappa shape index (κ2) is 6.06. The Balaban J connectivity index is 2.12. The van der Waals surface area contributed by atoms with E-state index in [1.807, 2.05) is 24.0 Å². The summed E-state index contributed by atoms with van der Waals surface area (Å²) >= 11 is 3.22. The van der Waals surface area contributed by atoms with Crippen molar-refractivity contribution >= 4 is 15.9 Å². The van der Waals surface area contributed by atoms with Crippen LogP contribution >= 0.6 is 15.9 Å². The quantitative estimate of drug-likeness (QED) is 0.910. The fourth-order valence-electron chi connectivity index (χ4n) is 2.28. The van der Waals surface area contributed by atoms with Crippen molar-refractivity contribution in [2.24, 2.45) is 7.05 Å². The van der Waals surface area contributed by atoms with E-state index >= 15 is 0 Å². The van der Waals surface area contributed by atoms with Crippen LogP contribution < -0.4 is 5.32 Å². The molecule has 1 heterocycles. The predicted octanol–water partition coefficient (Wildman–Crippen LogP) is 4.04. The zero-order chi connectivity index (χ0) is 14.9. The average Bonchev–Trinajstić information content (AvgIpc) is 2.73. The van der Waals surface area contributed by atoms with Gasteiger partial charge in [0.15, 0.2) is 0 Å². The first-order valence-corrected chi connectivity index (χ1v) is 7.39. The SMILES string of the molecule is Cc1c(C(C)NC(C)c2ccc(F)c(Br)c2)cnn1C. The molecule has 0 saturated carbocycles. The molecule has 2 aromatic rings. The van der Waals surface area contributed by atoms with Crippen molar-refractivity contribution in [2.75, 3.05) is 0 Å². The Kier molecular flexibility index (Phi) is 4.60. The van der Waals surface area contributed by atoms with Crippen LogP contribution in [0, 0.1) is 12.7 Å². The molecule has 0 spiro atoms. The lowest BCUT2D eigenvalue weighted by molar-refractivity contribution is 0.491. The summed E-state index contributed by atoms with van der Waals surface area (Å²) < 4.78 is 15.6. The van der Waals surface area contributed by atoms with Crippen LogP contribution in [0.4, 0.5) is 4.39 Å². The molecule has 0 radical (unpaired) electrons. The van der Waals surface area contributed by atoms with Gasteiger partial charge in [0, 0.05) is 30.4 Å². The minimum Gasteiger partial charge on any atom is -0.304 e. The van der Waals surface area contributed by atoms with Gasteiger partial charge in [-0.25, -0.2) is 4.39 Å². The van der Waals surface area contributed by atoms with Gasteiger partial charge >= 0.3 is 0 Å². The van der Waals surface area contributed by atoms with Crippen LogP contribution in [0.1, 0.15) is 42.8 Å². The van der Waals surface area contributed by atoms with Gasteiger partial charge in [-0.1, -0.05) is 6.07 Å². The summed E-state index contributed by atoms with van der Waals surface area (Å²) in [5, 5.41) is 7.78. The summed E-state index contributed by atoms with van der Waals surface area (Å²) in [6.45, 7) is 6.24. The molecule has 108 valence electrons. The maximum Gasteiger partial charge on any atom is 0.137 e. The normalized spacial score (nSPS) is 14.3. The first kappa shape index (κ1) is 15.2. The smallest absolute Gasteiger partial charge is 0.137 e. The Morgan fingerprint density at radius 3 is 2.55 bits per heavy atom. The predicted molar refractivity (Wildman–Crippen MR) is 82.0 cm³/mol. The van der Waals surface area contributed by atoms with Crippen molar-refractivity contribution in [3.63, 3.8) is 0 Å². The third-order valence-corrected chi connectivity index (χ3v) is 4.29. The molecule has 20 heavy (non-hydrogen) atoms. The van der Waals surface area contributed by atoms with Crippen LogP contribution in [0.25, 0.3) is 0 Å². The number of aryl methyl sites for hydroxylation is 1. The molecule has 3 nitrogen and oxygen atoms in total. The molecule has 0 aliphatic carbocycles. The third kappa shape index (κ3) is 3.10. The molecule has 1 aromatic carbocycles. The number of nitrogens with zero attached hydrogens (tertiary/aromatic N) is 2. The van der Waals surface area contributed by atoms with Crippen LogP contribution in [0.15, 0.2) is 28.9 Å². The van der Waals surface area contributed by atoms with Gasteiger partial charge in [-0.15, -0.1) is 0 Å². The van der Waals surface area contributed by atoms with E-state index < -0.39 is 0 Å². The summed E-state index contributed by atoms with van der Waals surface area (Å²) in [4.78, 5) is 0. The summed E-state index contributed by atoms with van der Waals surface area (Å²) in [5.41, 5.74) is 3.38. The van der Waals surface area contributed by atoms with Crippen molar-refractivity contribution in [1.29, 1.82) is 0 Å². The molecule has 0 amide bonds. The van der Waals surface area contributed by atoms with Gasteiger partial charge < -0.3 is 5.32 Å². The first-order chi connectivity index (χ1) is 9.40. The average molecular weight is 340 g/mol. The molecule has 5 heteroatoms. The summed E-state index contributed by atoms with van der Waals surface area (Å²) in [6, 6.07) is 5.41. The van der Waals surface area contributed by atoms with E-state index in [4.69, 9.17) is 0 Å². The van der Waals surface area contributed by atoms with E-state index in [2.05, 4.69) is 47.1 Å². The Hall–Kier alpha value is -1.20. The van der Waals surface area contributed by atoms with Crippen LogP contribution in [0.2, 0.25) is 0 Å². The summed E-state index contributed by atoms with van der Waals surface area (Å²) in [6.07, 6.45) is 1.89. The largest absolute Gasteiger partial charge is 0.304 e. The Morgan fingerprint density at radius 1 is 1.30 bits per heavy atom. The number of benzene rings is 1. The van der Waals surface area contributed by atoms with Gasteiger partial charge in [0.2, 0.25) is 0 Å². The number of hydrogen-bond acceptors (Lipinski definition) is 2. The molecule has 2 rings (SSSR count). The molecule has 1 aromatic heterocycles. The molecule has 0 saturated heterocycles. The minimum atomic E-state index is -0.239. The molecule has 0 aliphatic rings. The van der Waals surface area contributed by atoms with Gasteiger partial charge in [0.05, 0.1) is 10.7 Å². The van der Waals surface area contributed by atoms with Crippen LogP contribution in [-0.2, 0) is 7.05 Å². The number of aromatic nitrogens is 2. The van der Waals surface area contributed by atoms with Gasteiger partial charge in [0.25, 0.3) is 0 Å². The highest BCUT2D eigenvalue weighted by Gasteiger charge is 2.15. The highest BCUT2D eigenvalue weighted by molar-refractivity contribution is 9.10. The zero-order valence-electron chi connectivity index (χ0n) is 12.1. The topological polar surface area (TPSA) is 29.9 Å². The van der Waals surface area contributed by atoms with E-state index in [0.29, 0.717) is 4.47 Å². The van der Waals surface area contributed by atoms with Crippen molar-refractivity contribution in [3.05, 3.63) is 51.5 Å². The molecular weight excluding hydrogens is 321 g/mol. The van der Waals surface area contributed by atoms with Gasteiger partial charge in [-0.3, -0.25) is 4.68 Å². The van der Waals surface area contributed by atoms with Crippen LogP contribution in [-0.4, -0.2) is 9.78 Å². The molecule has 0 fully saturated rings. The lowest BCUT2D eigenvalue weighted by Crippen LogP contribution is -2.23. The van der Waals surface area contributed by atoms with E-state index in [1.54, 1.807) is 6.07 Å². The Morgan fingerprint density at radius 2 is 2.00 bits per heavy atom. The fourth-order valence-corrected chi connectivity index (χ4v) is 2.68. The molecular formula is C15H19BrFN3. The lowest BCUT2D eigenvalue weighted by Gasteiger charge is -2.20. The fraction of sp³-hybridized carbons (Fsp3) is 0.400. The second-order valence-corrected chi connectivity index (χ2v) is 5.95. The van der Waals surface area contributed by atoms with Crippen molar-refractivity contribution < 1.29 is 4.39 Å². The van der Waals surface area contributed by atoms with E-state index in [-0.39, 0.29) is 17.9 Å². The van der Waals surface area contributed by atoms with Crippen molar-refractivity contribution in [1.82, 2.24) is 15.1 Å². The number of halogens is 2. The maximum absolute atomic E-state index is 13.3. The summed E-state index contributed by atoms with van der Waals surface area (Å²) in [5.74, 6) is -0.239. The van der Waals surface area contributed by atoms with Crippen LogP contribution in [0.5, 0.6) is 0 Å². The maximum atomic E-state index is 13.3. The van der Waals surface area contributed by atoms with Gasteiger partial charge in [-0.2, -0.15) is 5.10 Å². The minimum absolute atomic E-state index is 0.126. The second-order valence-electron chi connectivity index (χ2n) is 5.09. The number of nitrogens with one attached hydrogen (secondary N) is 1. The third-order valence-electron chi connectivity index (χ3n) is 3.68. The van der Waals surface area contributed by atoms with Crippen molar-refractivity contribution in [3.8, 4) is 0 Å². The highest BCUT2D eigenvalue weighted by atomic mass is 79.9. The van der Waals surface area contributed by atoms with E-state index in [9.17, 15) is 4.39 Å². The zero-order valence-corrected chi connectivity index (χ0v) is 13.7. The van der Waals surface area contributed by atoms with E-state index in [0.717, 1.165) is 11.3 Å².